The fourth-order valence-corrected chi connectivity index (χ4v) is 2.52. The molecule has 1 saturated heterocycles. The van der Waals surface area contributed by atoms with Gasteiger partial charge in [-0.1, -0.05) is 17.3 Å². The third-order valence-electron chi connectivity index (χ3n) is 3.77. The number of amides is 1. The number of carbonyl (C=O) groups excluding carboxylic acids is 1. The van der Waals surface area contributed by atoms with Gasteiger partial charge in [0.2, 0.25) is 12.2 Å². The molecule has 1 fully saturated rings. The van der Waals surface area contributed by atoms with Crippen LogP contribution in [0.1, 0.15) is 23.2 Å². The summed E-state index contributed by atoms with van der Waals surface area (Å²) in [5, 5.41) is 10.1. The maximum atomic E-state index is 12.0. The fraction of sp³-hybridized carbons (Fsp3) is 0.400. The molecule has 3 rings (SSSR count). The van der Waals surface area contributed by atoms with E-state index in [-0.39, 0.29) is 5.91 Å². The molecule has 2 N–H and O–H groups in total. The molecule has 1 aliphatic heterocycles. The molecule has 21 heavy (non-hydrogen) atoms. The monoisotopic (exact) mass is 286 g/mol. The van der Waals surface area contributed by atoms with Crippen molar-refractivity contribution in [2.75, 3.05) is 19.6 Å². The Morgan fingerprint density at radius 2 is 2.24 bits per heavy atom. The predicted molar refractivity (Wildman–Crippen MR) is 77.7 cm³/mol. The molecule has 2 heterocycles. The SMILES string of the molecule is O=C(NCCC1CCNC1)c1ccc(-c2ncon2)cc1. The number of nitrogens with one attached hydrogen (secondary N) is 2. The Morgan fingerprint density at radius 1 is 1.38 bits per heavy atom. The Kier molecular flexibility index (Phi) is 4.25. The highest BCUT2D eigenvalue weighted by Gasteiger charge is 2.14. The second-order valence-electron chi connectivity index (χ2n) is 5.24. The van der Waals surface area contributed by atoms with Gasteiger partial charge in [-0.05, 0) is 44.0 Å². The first-order chi connectivity index (χ1) is 10.3. The lowest BCUT2D eigenvalue weighted by atomic mass is 10.1. The molecule has 1 aliphatic rings. The smallest absolute Gasteiger partial charge is 0.251 e. The fourth-order valence-electron chi connectivity index (χ4n) is 2.52. The highest BCUT2D eigenvalue weighted by Crippen LogP contribution is 2.15. The number of benzene rings is 1. The van der Waals surface area contributed by atoms with Crippen molar-refractivity contribution in [1.29, 1.82) is 0 Å². The van der Waals surface area contributed by atoms with Crippen molar-refractivity contribution in [3.63, 3.8) is 0 Å². The molecule has 1 unspecified atom stereocenters. The molecule has 0 bridgehead atoms. The minimum atomic E-state index is -0.0411. The molecule has 110 valence electrons. The Labute approximate surface area is 122 Å². The Balaban J connectivity index is 1.52. The van der Waals surface area contributed by atoms with Gasteiger partial charge in [0, 0.05) is 17.7 Å². The summed E-state index contributed by atoms with van der Waals surface area (Å²) >= 11 is 0. The van der Waals surface area contributed by atoms with Crippen LogP contribution in [0, 0.1) is 5.92 Å². The topological polar surface area (TPSA) is 80.0 Å². The van der Waals surface area contributed by atoms with Crippen LogP contribution in [0.15, 0.2) is 35.2 Å². The minimum Gasteiger partial charge on any atom is -0.352 e. The van der Waals surface area contributed by atoms with E-state index in [1.807, 2.05) is 12.1 Å². The number of carbonyl (C=O) groups is 1. The van der Waals surface area contributed by atoms with E-state index in [4.69, 9.17) is 4.52 Å². The van der Waals surface area contributed by atoms with Crippen LogP contribution in [-0.2, 0) is 0 Å². The summed E-state index contributed by atoms with van der Waals surface area (Å²) in [5.74, 6) is 1.17. The zero-order valence-electron chi connectivity index (χ0n) is 11.7. The summed E-state index contributed by atoms with van der Waals surface area (Å²) in [7, 11) is 0. The Bertz CT molecular complexity index is 574. The molecule has 1 aromatic heterocycles. The predicted octanol–water partition coefficient (Wildman–Crippen LogP) is 1.47. The van der Waals surface area contributed by atoms with E-state index >= 15 is 0 Å². The summed E-state index contributed by atoms with van der Waals surface area (Å²) in [6.07, 6.45) is 3.52. The Hall–Kier alpha value is -2.21. The molecule has 1 amide bonds. The number of rotatable bonds is 5. The van der Waals surface area contributed by atoms with E-state index in [1.54, 1.807) is 12.1 Å². The van der Waals surface area contributed by atoms with E-state index in [0.717, 1.165) is 31.6 Å². The van der Waals surface area contributed by atoms with Crippen molar-refractivity contribution < 1.29 is 9.32 Å². The molecule has 1 atom stereocenters. The summed E-state index contributed by atoms with van der Waals surface area (Å²) in [6.45, 7) is 2.88. The van der Waals surface area contributed by atoms with Crippen molar-refractivity contribution >= 4 is 5.91 Å². The third kappa shape index (κ3) is 3.46. The minimum absolute atomic E-state index is 0.0411. The summed E-state index contributed by atoms with van der Waals surface area (Å²) in [6, 6.07) is 7.19. The van der Waals surface area contributed by atoms with Crippen molar-refractivity contribution in [2.45, 2.75) is 12.8 Å². The van der Waals surface area contributed by atoms with Gasteiger partial charge in [-0.25, -0.2) is 0 Å². The second-order valence-corrected chi connectivity index (χ2v) is 5.24. The molecule has 0 radical (unpaired) electrons. The lowest BCUT2D eigenvalue weighted by molar-refractivity contribution is 0.0951. The average molecular weight is 286 g/mol. The number of hydrogen-bond donors (Lipinski definition) is 2. The first-order valence-corrected chi connectivity index (χ1v) is 7.18. The third-order valence-corrected chi connectivity index (χ3v) is 3.77. The van der Waals surface area contributed by atoms with Gasteiger partial charge < -0.3 is 15.2 Å². The van der Waals surface area contributed by atoms with Gasteiger partial charge in [-0.15, -0.1) is 0 Å². The van der Waals surface area contributed by atoms with Gasteiger partial charge in [0.05, 0.1) is 0 Å². The molecule has 0 saturated carbocycles. The second kappa shape index (κ2) is 6.49. The number of hydrogen-bond acceptors (Lipinski definition) is 5. The van der Waals surface area contributed by atoms with Gasteiger partial charge in [-0.2, -0.15) is 4.98 Å². The largest absolute Gasteiger partial charge is 0.352 e. The molecule has 0 aliphatic carbocycles. The summed E-state index contributed by atoms with van der Waals surface area (Å²) < 4.78 is 4.70. The molecule has 1 aromatic carbocycles. The van der Waals surface area contributed by atoms with Crippen LogP contribution in [0.5, 0.6) is 0 Å². The molecule has 2 aromatic rings. The molecule has 6 heteroatoms. The lowest BCUT2D eigenvalue weighted by Crippen LogP contribution is -2.26. The first-order valence-electron chi connectivity index (χ1n) is 7.18. The zero-order valence-corrected chi connectivity index (χ0v) is 11.7. The quantitative estimate of drug-likeness (QED) is 0.870. The highest BCUT2D eigenvalue weighted by atomic mass is 16.5. The van der Waals surface area contributed by atoms with Crippen LogP contribution in [0.2, 0.25) is 0 Å². The van der Waals surface area contributed by atoms with Gasteiger partial charge in [0.25, 0.3) is 5.91 Å². The molecule has 0 spiro atoms. The molecular formula is C15H18N4O2. The molecular weight excluding hydrogens is 268 g/mol. The summed E-state index contributed by atoms with van der Waals surface area (Å²) in [4.78, 5) is 16.0. The van der Waals surface area contributed by atoms with Crippen molar-refractivity contribution in [3.05, 3.63) is 36.2 Å². The van der Waals surface area contributed by atoms with Crippen LogP contribution in [-0.4, -0.2) is 35.7 Å². The van der Waals surface area contributed by atoms with Crippen LogP contribution in [0.25, 0.3) is 11.4 Å². The first kappa shape index (κ1) is 13.8. The van der Waals surface area contributed by atoms with Crippen molar-refractivity contribution in [1.82, 2.24) is 20.8 Å². The summed E-state index contributed by atoms with van der Waals surface area (Å²) in [5.41, 5.74) is 1.48. The normalized spacial score (nSPS) is 17.8. The van der Waals surface area contributed by atoms with Crippen LogP contribution < -0.4 is 10.6 Å². The van der Waals surface area contributed by atoms with E-state index in [1.165, 1.54) is 12.8 Å². The highest BCUT2D eigenvalue weighted by molar-refractivity contribution is 5.94. The van der Waals surface area contributed by atoms with Gasteiger partial charge >= 0.3 is 0 Å². The van der Waals surface area contributed by atoms with Crippen LogP contribution in [0.4, 0.5) is 0 Å². The zero-order chi connectivity index (χ0) is 14.5. The Morgan fingerprint density at radius 3 is 2.90 bits per heavy atom. The van der Waals surface area contributed by atoms with Crippen molar-refractivity contribution in [3.8, 4) is 11.4 Å². The van der Waals surface area contributed by atoms with Crippen molar-refractivity contribution in [2.24, 2.45) is 5.92 Å². The van der Waals surface area contributed by atoms with E-state index in [0.29, 0.717) is 17.3 Å². The standard InChI is InChI=1S/C15H18N4O2/c20-15(17-8-6-11-5-7-16-9-11)13-3-1-12(2-4-13)14-18-10-21-19-14/h1-4,10-11,16H,5-9H2,(H,17,20). The van der Waals surface area contributed by atoms with Gasteiger partial charge in [0.1, 0.15) is 0 Å². The van der Waals surface area contributed by atoms with E-state index in [2.05, 4.69) is 20.8 Å². The lowest BCUT2D eigenvalue weighted by Gasteiger charge is -2.09. The molecule has 6 nitrogen and oxygen atoms in total. The van der Waals surface area contributed by atoms with E-state index in [9.17, 15) is 4.79 Å². The maximum Gasteiger partial charge on any atom is 0.251 e. The maximum absolute atomic E-state index is 12.0. The van der Waals surface area contributed by atoms with Crippen LogP contribution >= 0.6 is 0 Å². The average Bonchev–Trinajstić information content (AvgIpc) is 3.21. The van der Waals surface area contributed by atoms with Crippen LogP contribution in [0.3, 0.4) is 0 Å². The number of nitrogens with zero attached hydrogens (tertiary/aromatic N) is 2. The number of aromatic nitrogens is 2. The van der Waals surface area contributed by atoms with Gasteiger partial charge in [0.15, 0.2) is 0 Å². The van der Waals surface area contributed by atoms with E-state index < -0.39 is 0 Å². The van der Waals surface area contributed by atoms with Gasteiger partial charge in [-0.3, -0.25) is 4.79 Å².